The number of rotatable bonds is 7. The molecule has 1 amide bonds. The number of aromatic nitrogens is 4. The first-order chi connectivity index (χ1) is 14.6. The Bertz CT molecular complexity index is 1120. The zero-order valence-corrected chi connectivity index (χ0v) is 16.1. The quantitative estimate of drug-likeness (QED) is 0.576. The van der Waals surface area contributed by atoms with E-state index in [1.165, 1.54) is 4.57 Å². The molecule has 0 spiro atoms. The van der Waals surface area contributed by atoms with E-state index < -0.39 is 0 Å². The van der Waals surface area contributed by atoms with Crippen LogP contribution in [-0.2, 0) is 16.0 Å². The van der Waals surface area contributed by atoms with Gasteiger partial charge in [0.2, 0.25) is 5.91 Å². The summed E-state index contributed by atoms with van der Waals surface area (Å²) in [5.41, 5.74) is 7.15. The number of carbonyl (C=O) groups is 2. The van der Waals surface area contributed by atoms with Crippen LogP contribution in [0.5, 0.6) is 0 Å². The highest BCUT2D eigenvalue weighted by molar-refractivity contribution is 5.80. The molecule has 1 saturated heterocycles. The van der Waals surface area contributed by atoms with Crippen molar-refractivity contribution in [3.63, 3.8) is 0 Å². The van der Waals surface area contributed by atoms with Crippen molar-refractivity contribution in [2.75, 3.05) is 18.0 Å². The van der Waals surface area contributed by atoms with Gasteiger partial charge >= 0.3 is 0 Å². The van der Waals surface area contributed by atoms with Gasteiger partial charge in [0, 0.05) is 49.4 Å². The fourth-order valence-corrected chi connectivity index (χ4v) is 3.30. The molecule has 2 aromatic heterocycles. The largest absolute Gasteiger partial charge is 0.369 e. The van der Waals surface area contributed by atoms with Crippen molar-refractivity contribution in [2.24, 2.45) is 11.7 Å². The van der Waals surface area contributed by atoms with Gasteiger partial charge in [-0.15, -0.1) is 0 Å². The number of amides is 1. The van der Waals surface area contributed by atoms with Gasteiger partial charge in [0.15, 0.2) is 11.6 Å². The number of anilines is 1. The Morgan fingerprint density at radius 2 is 1.87 bits per heavy atom. The molecule has 1 aliphatic heterocycles. The number of primary amides is 1. The van der Waals surface area contributed by atoms with E-state index in [0.29, 0.717) is 43.1 Å². The minimum atomic E-state index is -0.387. The van der Waals surface area contributed by atoms with Crippen molar-refractivity contribution in [3.8, 4) is 17.1 Å². The molecule has 0 radical (unpaired) electrons. The number of hydrogen-bond donors (Lipinski definition) is 1. The molecule has 0 unspecified atom stereocenters. The molecule has 152 valence electrons. The standard InChI is InChI=1S/C21H20N6O3/c22-18(29)15-11-26(12-15)20-21(30)27(13-16(25-20)3-1-10-28)17-6-4-14(5-7-17)19-23-8-2-9-24-19/h2,4-10,13,15H,1,3,11-12H2,(H2,22,29). The zero-order chi connectivity index (χ0) is 21.1. The van der Waals surface area contributed by atoms with Gasteiger partial charge < -0.3 is 15.4 Å². The van der Waals surface area contributed by atoms with Crippen LogP contribution in [0.3, 0.4) is 0 Å². The van der Waals surface area contributed by atoms with Crippen LogP contribution in [0, 0.1) is 5.92 Å². The predicted octanol–water partition coefficient (Wildman–Crippen LogP) is 0.742. The second-order valence-corrected chi connectivity index (χ2v) is 7.06. The summed E-state index contributed by atoms with van der Waals surface area (Å²) in [7, 11) is 0. The smallest absolute Gasteiger partial charge is 0.298 e. The molecule has 9 nitrogen and oxygen atoms in total. The average molecular weight is 404 g/mol. The lowest BCUT2D eigenvalue weighted by atomic mass is 10.00. The Morgan fingerprint density at radius 3 is 2.50 bits per heavy atom. The third kappa shape index (κ3) is 3.82. The molecule has 1 aliphatic rings. The maximum atomic E-state index is 13.1. The molecule has 9 heteroatoms. The molecule has 30 heavy (non-hydrogen) atoms. The summed E-state index contributed by atoms with van der Waals surface area (Å²) in [6.45, 7) is 0.720. The highest BCUT2D eigenvalue weighted by Crippen LogP contribution is 2.22. The molecule has 3 heterocycles. The highest BCUT2D eigenvalue weighted by atomic mass is 16.1. The summed E-state index contributed by atoms with van der Waals surface area (Å²) in [6.07, 6.45) is 6.52. The van der Waals surface area contributed by atoms with Gasteiger partial charge in [-0.25, -0.2) is 15.0 Å². The van der Waals surface area contributed by atoms with Crippen molar-refractivity contribution < 1.29 is 9.59 Å². The lowest BCUT2D eigenvalue weighted by Crippen LogP contribution is -2.54. The Labute approximate surface area is 172 Å². The first-order valence-electron chi connectivity index (χ1n) is 9.55. The number of aryl methyl sites for hydroxylation is 1. The molecule has 1 aromatic carbocycles. The summed E-state index contributed by atoms with van der Waals surface area (Å²) < 4.78 is 1.51. The maximum absolute atomic E-state index is 13.1. The summed E-state index contributed by atoms with van der Waals surface area (Å²) in [5.74, 6) is 0.175. The van der Waals surface area contributed by atoms with Crippen LogP contribution in [0.25, 0.3) is 17.1 Å². The first-order valence-corrected chi connectivity index (χ1v) is 9.55. The maximum Gasteiger partial charge on any atom is 0.298 e. The van der Waals surface area contributed by atoms with Crippen LogP contribution in [0.15, 0.2) is 53.7 Å². The molecular weight excluding hydrogens is 384 g/mol. The minimum absolute atomic E-state index is 0.256. The van der Waals surface area contributed by atoms with Crippen molar-refractivity contribution >= 4 is 18.0 Å². The van der Waals surface area contributed by atoms with Gasteiger partial charge in [-0.2, -0.15) is 0 Å². The van der Waals surface area contributed by atoms with Gasteiger partial charge in [-0.1, -0.05) is 0 Å². The SMILES string of the molecule is NC(=O)C1CN(c2nc(CCC=O)cn(-c3ccc(-c4ncccn4)cc3)c2=O)C1. The number of aldehydes is 1. The van der Waals surface area contributed by atoms with Gasteiger partial charge in [0.25, 0.3) is 5.56 Å². The van der Waals surface area contributed by atoms with Crippen LogP contribution < -0.4 is 16.2 Å². The molecule has 2 N–H and O–H groups in total. The highest BCUT2D eigenvalue weighted by Gasteiger charge is 2.34. The van der Waals surface area contributed by atoms with Crippen molar-refractivity contribution in [3.05, 3.63) is 65.0 Å². The van der Waals surface area contributed by atoms with E-state index in [1.807, 2.05) is 24.3 Å². The summed E-state index contributed by atoms with van der Waals surface area (Å²) in [6, 6.07) is 9.05. The van der Waals surface area contributed by atoms with E-state index in [9.17, 15) is 14.4 Å². The number of hydrogen-bond acceptors (Lipinski definition) is 7. The summed E-state index contributed by atoms with van der Waals surface area (Å²) in [5, 5.41) is 0. The van der Waals surface area contributed by atoms with Crippen molar-refractivity contribution in [1.82, 2.24) is 19.5 Å². The minimum Gasteiger partial charge on any atom is -0.369 e. The van der Waals surface area contributed by atoms with E-state index in [0.717, 1.165) is 11.8 Å². The van der Waals surface area contributed by atoms with E-state index >= 15 is 0 Å². The van der Waals surface area contributed by atoms with E-state index in [1.54, 1.807) is 29.6 Å². The fourth-order valence-electron chi connectivity index (χ4n) is 3.30. The Kier molecular flexibility index (Phi) is 5.34. The lowest BCUT2D eigenvalue weighted by molar-refractivity contribution is -0.122. The molecule has 1 fully saturated rings. The molecule has 0 bridgehead atoms. The van der Waals surface area contributed by atoms with Crippen LogP contribution in [-0.4, -0.2) is 44.8 Å². The fraction of sp³-hybridized carbons (Fsp3) is 0.238. The van der Waals surface area contributed by atoms with E-state index in [2.05, 4.69) is 15.0 Å². The van der Waals surface area contributed by atoms with Crippen LogP contribution in [0.2, 0.25) is 0 Å². The van der Waals surface area contributed by atoms with Crippen molar-refractivity contribution in [1.29, 1.82) is 0 Å². The van der Waals surface area contributed by atoms with Gasteiger partial charge in [0.1, 0.15) is 6.29 Å². The third-order valence-corrected chi connectivity index (χ3v) is 5.01. The van der Waals surface area contributed by atoms with Gasteiger partial charge in [-0.05, 0) is 36.8 Å². The van der Waals surface area contributed by atoms with Crippen LogP contribution >= 0.6 is 0 Å². The summed E-state index contributed by atoms with van der Waals surface area (Å²) in [4.78, 5) is 49.9. The molecule has 4 rings (SSSR count). The van der Waals surface area contributed by atoms with Crippen molar-refractivity contribution in [2.45, 2.75) is 12.8 Å². The van der Waals surface area contributed by atoms with Crippen LogP contribution in [0.1, 0.15) is 12.1 Å². The van der Waals surface area contributed by atoms with Crippen LogP contribution in [0.4, 0.5) is 5.82 Å². The third-order valence-electron chi connectivity index (χ3n) is 5.01. The lowest BCUT2D eigenvalue weighted by Gasteiger charge is -2.37. The topological polar surface area (TPSA) is 124 Å². The zero-order valence-electron chi connectivity index (χ0n) is 16.1. The number of carbonyl (C=O) groups excluding carboxylic acids is 2. The normalized spacial score (nSPS) is 13.7. The van der Waals surface area contributed by atoms with E-state index in [4.69, 9.17) is 5.73 Å². The molecular formula is C21H20N6O3. The Balaban J connectivity index is 1.69. The Hall–Kier alpha value is -3.88. The molecule has 0 aliphatic carbocycles. The first kappa shape index (κ1) is 19.4. The summed E-state index contributed by atoms with van der Waals surface area (Å²) >= 11 is 0. The second-order valence-electron chi connectivity index (χ2n) is 7.06. The van der Waals surface area contributed by atoms with Gasteiger partial charge in [0.05, 0.1) is 11.6 Å². The number of nitrogens with two attached hydrogens (primary N) is 1. The molecule has 0 atom stereocenters. The Morgan fingerprint density at radius 1 is 1.17 bits per heavy atom. The predicted molar refractivity (Wildman–Crippen MR) is 110 cm³/mol. The van der Waals surface area contributed by atoms with Gasteiger partial charge in [-0.3, -0.25) is 14.2 Å². The molecule has 3 aromatic rings. The number of benzene rings is 1. The monoisotopic (exact) mass is 404 g/mol. The number of nitrogens with zero attached hydrogens (tertiary/aromatic N) is 5. The average Bonchev–Trinajstić information content (AvgIpc) is 2.73. The molecule has 0 saturated carbocycles. The van der Waals surface area contributed by atoms with E-state index in [-0.39, 0.29) is 23.2 Å². The second kappa shape index (κ2) is 8.24.